The Morgan fingerprint density at radius 3 is 2.25 bits per heavy atom. The zero-order valence-electron chi connectivity index (χ0n) is 11.6. The second-order valence-corrected chi connectivity index (χ2v) is 5.50. The van der Waals surface area contributed by atoms with Crippen molar-refractivity contribution in [1.29, 1.82) is 0 Å². The molecule has 0 saturated heterocycles. The predicted molar refractivity (Wildman–Crippen MR) is 83.0 cm³/mol. The lowest BCUT2D eigenvalue weighted by atomic mass is 9.96. The number of halogens is 1. The van der Waals surface area contributed by atoms with Crippen LogP contribution in [0.5, 0.6) is 0 Å². The molecule has 0 aliphatic heterocycles. The van der Waals surface area contributed by atoms with Crippen LogP contribution in [-0.2, 0) is 0 Å². The van der Waals surface area contributed by atoms with Crippen molar-refractivity contribution >= 4 is 12.2 Å². The van der Waals surface area contributed by atoms with Gasteiger partial charge in [-0.1, -0.05) is 67.5 Å². The Hall–Kier alpha value is -1.89. The highest BCUT2D eigenvalue weighted by molar-refractivity contribution is 5.69. The van der Waals surface area contributed by atoms with E-state index in [2.05, 4.69) is 24.3 Å². The molecule has 1 aliphatic rings. The van der Waals surface area contributed by atoms with Crippen molar-refractivity contribution in [1.82, 2.24) is 0 Å². The number of benzene rings is 2. The molecule has 1 heteroatoms. The van der Waals surface area contributed by atoms with Gasteiger partial charge in [-0.05, 0) is 36.0 Å². The van der Waals surface area contributed by atoms with E-state index < -0.39 is 0 Å². The highest BCUT2D eigenvalue weighted by atomic mass is 19.1. The van der Waals surface area contributed by atoms with Crippen LogP contribution in [0.15, 0.2) is 48.5 Å². The lowest BCUT2D eigenvalue weighted by Gasteiger charge is -2.09. The fraction of sp³-hybridized carbons (Fsp3) is 0.263. The molecule has 0 unspecified atom stereocenters. The zero-order chi connectivity index (χ0) is 13.8. The van der Waals surface area contributed by atoms with Gasteiger partial charge in [-0.3, -0.25) is 0 Å². The van der Waals surface area contributed by atoms with Crippen LogP contribution < -0.4 is 0 Å². The van der Waals surface area contributed by atoms with Crippen molar-refractivity contribution in [2.45, 2.75) is 31.6 Å². The summed E-state index contributed by atoms with van der Waals surface area (Å²) >= 11 is 0. The minimum atomic E-state index is -0.175. The number of hydrogen-bond donors (Lipinski definition) is 0. The average Bonchev–Trinajstić information content (AvgIpc) is 3.01. The molecule has 3 rings (SSSR count). The molecular weight excluding hydrogens is 247 g/mol. The van der Waals surface area contributed by atoms with E-state index in [-0.39, 0.29) is 5.82 Å². The highest BCUT2D eigenvalue weighted by Gasteiger charge is 2.16. The molecule has 1 aliphatic carbocycles. The van der Waals surface area contributed by atoms with E-state index in [9.17, 15) is 4.39 Å². The van der Waals surface area contributed by atoms with Crippen molar-refractivity contribution in [3.8, 4) is 0 Å². The Labute approximate surface area is 120 Å². The van der Waals surface area contributed by atoms with Crippen molar-refractivity contribution in [2.75, 3.05) is 0 Å². The third-order valence-electron chi connectivity index (χ3n) is 4.12. The normalized spacial score (nSPS) is 16.1. The quantitative estimate of drug-likeness (QED) is 0.629. The van der Waals surface area contributed by atoms with Crippen LogP contribution >= 0.6 is 0 Å². The fourth-order valence-electron chi connectivity index (χ4n) is 2.93. The Morgan fingerprint density at radius 2 is 1.55 bits per heavy atom. The molecule has 0 bridgehead atoms. The maximum atomic E-state index is 13.5. The second kappa shape index (κ2) is 6.04. The largest absolute Gasteiger partial charge is 0.206 e. The zero-order valence-corrected chi connectivity index (χ0v) is 11.6. The van der Waals surface area contributed by atoms with Gasteiger partial charge in [0, 0.05) is 5.56 Å². The van der Waals surface area contributed by atoms with E-state index in [4.69, 9.17) is 0 Å². The Kier molecular flexibility index (Phi) is 3.96. The van der Waals surface area contributed by atoms with Crippen molar-refractivity contribution in [2.24, 2.45) is 0 Å². The number of hydrogen-bond acceptors (Lipinski definition) is 0. The first-order chi connectivity index (χ1) is 9.83. The summed E-state index contributed by atoms with van der Waals surface area (Å²) in [5, 5.41) is 0. The monoisotopic (exact) mass is 266 g/mol. The topological polar surface area (TPSA) is 0 Å². The molecule has 2 aromatic rings. The van der Waals surface area contributed by atoms with Crippen molar-refractivity contribution < 1.29 is 4.39 Å². The molecule has 0 N–H and O–H groups in total. The molecule has 2 aromatic carbocycles. The van der Waals surface area contributed by atoms with Gasteiger partial charge in [0.2, 0.25) is 0 Å². The average molecular weight is 266 g/mol. The lowest BCUT2D eigenvalue weighted by Crippen LogP contribution is -1.91. The third kappa shape index (κ3) is 2.98. The molecule has 0 nitrogen and oxygen atoms in total. The molecule has 20 heavy (non-hydrogen) atoms. The van der Waals surface area contributed by atoms with Crippen LogP contribution in [-0.4, -0.2) is 0 Å². The molecule has 0 radical (unpaired) electrons. The molecule has 0 spiro atoms. The van der Waals surface area contributed by atoms with E-state index in [1.165, 1.54) is 37.3 Å². The summed E-state index contributed by atoms with van der Waals surface area (Å²) in [6, 6.07) is 15.5. The first-order valence-electron chi connectivity index (χ1n) is 7.35. The number of rotatable bonds is 3. The first-order valence-corrected chi connectivity index (χ1v) is 7.35. The smallest absolute Gasteiger partial charge is 0.130 e. The standard InChI is InChI=1S/C19H19F/c20-19-8-4-3-7-18(19)14-11-15-9-12-17(13-10-15)16-5-1-2-6-16/h3-4,7-14,16H,1-2,5-6H2. The van der Waals surface area contributed by atoms with Crippen LogP contribution in [0.1, 0.15) is 48.3 Å². The van der Waals surface area contributed by atoms with Crippen molar-refractivity contribution in [3.05, 3.63) is 71.0 Å². The fourth-order valence-corrected chi connectivity index (χ4v) is 2.93. The SMILES string of the molecule is Fc1ccccc1C=Cc1ccc(C2CCCC2)cc1. The molecule has 0 heterocycles. The summed E-state index contributed by atoms with van der Waals surface area (Å²) in [7, 11) is 0. The second-order valence-electron chi connectivity index (χ2n) is 5.50. The van der Waals surface area contributed by atoms with Crippen LogP contribution in [0.25, 0.3) is 12.2 Å². The van der Waals surface area contributed by atoms with E-state index in [1.807, 2.05) is 18.2 Å². The van der Waals surface area contributed by atoms with Crippen molar-refractivity contribution in [3.63, 3.8) is 0 Å². The summed E-state index contributed by atoms with van der Waals surface area (Å²) < 4.78 is 13.5. The van der Waals surface area contributed by atoms with Gasteiger partial charge in [0.25, 0.3) is 0 Å². The van der Waals surface area contributed by atoms with E-state index >= 15 is 0 Å². The maximum Gasteiger partial charge on any atom is 0.130 e. The summed E-state index contributed by atoms with van der Waals surface area (Å²) in [5.74, 6) is 0.575. The van der Waals surface area contributed by atoms with Gasteiger partial charge in [-0.2, -0.15) is 0 Å². The van der Waals surface area contributed by atoms with Gasteiger partial charge in [0.15, 0.2) is 0 Å². The molecule has 0 amide bonds. The summed E-state index contributed by atoms with van der Waals surface area (Å²) in [5.41, 5.74) is 3.20. The van der Waals surface area contributed by atoms with Crippen LogP contribution in [0, 0.1) is 5.82 Å². The van der Waals surface area contributed by atoms with Gasteiger partial charge in [0.05, 0.1) is 0 Å². The van der Waals surface area contributed by atoms with E-state index in [1.54, 1.807) is 12.1 Å². The highest BCUT2D eigenvalue weighted by Crippen LogP contribution is 2.34. The predicted octanol–water partition coefficient (Wildman–Crippen LogP) is 5.65. The summed E-state index contributed by atoms with van der Waals surface area (Å²) in [6.07, 6.45) is 9.17. The summed E-state index contributed by atoms with van der Waals surface area (Å²) in [6.45, 7) is 0. The first kappa shape index (κ1) is 13.1. The van der Waals surface area contributed by atoms with Crippen LogP contribution in [0.2, 0.25) is 0 Å². The van der Waals surface area contributed by atoms with Gasteiger partial charge < -0.3 is 0 Å². The van der Waals surface area contributed by atoms with Gasteiger partial charge in [-0.25, -0.2) is 4.39 Å². The van der Waals surface area contributed by atoms with Crippen LogP contribution in [0.3, 0.4) is 0 Å². The Bertz CT molecular complexity index is 589. The summed E-state index contributed by atoms with van der Waals surface area (Å²) in [4.78, 5) is 0. The molecule has 1 saturated carbocycles. The van der Waals surface area contributed by atoms with Gasteiger partial charge >= 0.3 is 0 Å². The minimum Gasteiger partial charge on any atom is -0.206 e. The Morgan fingerprint density at radius 1 is 0.850 bits per heavy atom. The van der Waals surface area contributed by atoms with Gasteiger partial charge in [0.1, 0.15) is 5.82 Å². The van der Waals surface area contributed by atoms with Gasteiger partial charge in [-0.15, -0.1) is 0 Å². The lowest BCUT2D eigenvalue weighted by molar-refractivity contribution is 0.625. The third-order valence-corrected chi connectivity index (χ3v) is 4.12. The Balaban J connectivity index is 1.73. The molecule has 0 aromatic heterocycles. The molecule has 102 valence electrons. The van der Waals surface area contributed by atoms with E-state index in [0.717, 1.165) is 11.5 Å². The molecule has 1 fully saturated rings. The minimum absolute atomic E-state index is 0.175. The maximum absolute atomic E-state index is 13.5. The van der Waals surface area contributed by atoms with Crippen LogP contribution in [0.4, 0.5) is 4.39 Å². The molecule has 0 atom stereocenters. The molecular formula is C19H19F. The van der Waals surface area contributed by atoms with E-state index in [0.29, 0.717) is 5.56 Å².